The van der Waals surface area contributed by atoms with Crippen LogP contribution >= 0.6 is 31.9 Å². The summed E-state index contributed by atoms with van der Waals surface area (Å²) in [7, 11) is 1.67. The minimum absolute atomic E-state index is 0.228. The van der Waals surface area contributed by atoms with Gasteiger partial charge in [-0.05, 0) is 68.2 Å². The molecule has 0 aliphatic carbocycles. The second-order valence-corrected chi connectivity index (χ2v) is 6.45. The maximum atomic E-state index is 5.29. The van der Waals surface area contributed by atoms with Crippen LogP contribution in [0.15, 0.2) is 45.5 Å². The number of ether oxygens (including phenoxy) is 1. The number of nitrogens with zero attached hydrogens (tertiary/aromatic N) is 1. The van der Waals surface area contributed by atoms with E-state index in [9.17, 15) is 0 Å². The number of rotatable bonds is 6. The molecule has 0 aliphatic rings. The Morgan fingerprint density at radius 2 is 2.05 bits per heavy atom. The number of hydrogen-bond acceptors (Lipinski definition) is 3. The van der Waals surface area contributed by atoms with Crippen molar-refractivity contribution < 1.29 is 4.74 Å². The summed E-state index contributed by atoms with van der Waals surface area (Å²) in [4.78, 5) is 4.46. The van der Waals surface area contributed by atoms with Crippen LogP contribution in [0.5, 0.6) is 5.75 Å². The van der Waals surface area contributed by atoms with Crippen LogP contribution in [-0.2, 0) is 6.42 Å². The van der Waals surface area contributed by atoms with Crippen LogP contribution in [-0.4, -0.2) is 18.6 Å². The Morgan fingerprint density at radius 1 is 1.24 bits per heavy atom. The predicted octanol–water partition coefficient (Wildman–Crippen LogP) is 4.51. The lowest BCUT2D eigenvalue weighted by Gasteiger charge is -2.19. The first-order valence-corrected chi connectivity index (χ1v) is 8.40. The summed E-state index contributed by atoms with van der Waals surface area (Å²) in [6.07, 6.45) is 2.68. The first-order chi connectivity index (χ1) is 10.1. The molecule has 1 atom stereocenters. The highest BCUT2D eigenvalue weighted by Crippen LogP contribution is 2.29. The zero-order valence-electron chi connectivity index (χ0n) is 12.1. The van der Waals surface area contributed by atoms with Gasteiger partial charge in [0.25, 0.3) is 0 Å². The molecule has 2 aromatic rings. The summed E-state index contributed by atoms with van der Waals surface area (Å²) in [5, 5.41) is 3.51. The smallest absolute Gasteiger partial charge is 0.133 e. The van der Waals surface area contributed by atoms with Crippen LogP contribution in [0.4, 0.5) is 0 Å². The average Bonchev–Trinajstić information content (AvgIpc) is 2.49. The number of methoxy groups -OCH3 is 1. The van der Waals surface area contributed by atoms with Crippen LogP contribution in [0.1, 0.15) is 24.2 Å². The summed E-state index contributed by atoms with van der Waals surface area (Å²) in [6, 6.07) is 10.5. The molecule has 1 heterocycles. The van der Waals surface area contributed by atoms with E-state index in [1.807, 2.05) is 24.4 Å². The second kappa shape index (κ2) is 7.92. The highest BCUT2D eigenvalue weighted by atomic mass is 79.9. The Morgan fingerprint density at radius 3 is 2.62 bits per heavy atom. The fraction of sp³-hybridized carbons (Fsp3) is 0.312. The lowest BCUT2D eigenvalue weighted by atomic mass is 10.0. The van der Waals surface area contributed by atoms with Crippen molar-refractivity contribution >= 4 is 31.9 Å². The van der Waals surface area contributed by atoms with E-state index in [4.69, 9.17) is 4.74 Å². The molecule has 5 heteroatoms. The molecular weight excluding hydrogens is 396 g/mol. The van der Waals surface area contributed by atoms with Crippen molar-refractivity contribution in [1.82, 2.24) is 10.3 Å². The number of pyridine rings is 1. The second-order valence-electron chi connectivity index (χ2n) is 4.68. The highest BCUT2D eigenvalue weighted by Gasteiger charge is 2.13. The third kappa shape index (κ3) is 4.53. The normalized spacial score (nSPS) is 12.2. The van der Waals surface area contributed by atoms with E-state index in [1.165, 1.54) is 5.56 Å². The number of benzene rings is 1. The number of halogens is 2. The minimum Gasteiger partial charge on any atom is -0.496 e. The van der Waals surface area contributed by atoms with Gasteiger partial charge in [-0.3, -0.25) is 4.98 Å². The Labute approximate surface area is 142 Å². The minimum atomic E-state index is 0.228. The summed E-state index contributed by atoms with van der Waals surface area (Å²) in [5.74, 6) is 0.843. The topological polar surface area (TPSA) is 34.2 Å². The van der Waals surface area contributed by atoms with E-state index < -0.39 is 0 Å². The molecule has 0 spiro atoms. The molecule has 1 unspecified atom stereocenters. The standard InChI is InChI=1S/C16H18Br2N2O/c1-3-19-15(9-13-6-5-12(17)10-20-13)11-4-7-16(21-2)14(18)8-11/h4-8,10,15,19H,3,9H2,1-2H3. The Bertz CT molecular complexity index is 587. The highest BCUT2D eigenvalue weighted by molar-refractivity contribution is 9.10. The molecule has 3 nitrogen and oxygen atoms in total. The quantitative estimate of drug-likeness (QED) is 0.756. The zero-order chi connectivity index (χ0) is 15.2. The summed E-state index contributed by atoms with van der Waals surface area (Å²) < 4.78 is 7.25. The van der Waals surface area contributed by atoms with E-state index in [2.05, 4.69) is 61.2 Å². The molecule has 1 aromatic carbocycles. The third-order valence-corrected chi connectivity index (χ3v) is 4.32. The number of likely N-dealkylation sites (N-methyl/N-ethyl adjacent to an activating group) is 1. The number of hydrogen-bond donors (Lipinski definition) is 1. The van der Waals surface area contributed by atoms with Crippen LogP contribution < -0.4 is 10.1 Å². The van der Waals surface area contributed by atoms with Gasteiger partial charge in [0.2, 0.25) is 0 Å². The Kier molecular flexibility index (Phi) is 6.21. The van der Waals surface area contributed by atoms with E-state index in [0.717, 1.165) is 33.4 Å². The molecule has 0 bridgehead atoms. The van der Waals surface area contributed by atoms with Crippen LogP contribution in [0.3, 0.4) is 0 Å². The van der Waals surface area contributed by atoms with Gasteiger partial charge in [0.15, 0.2) is 0 Å². The van der Waals surface area contributed by atoms with E-state index >= 15 is 0 Å². The van der Waals surface area contributed by atoms with Gasteiger partial charge in [0.1, 0.15) is 5.75 Å². The molecule has 21 heavy (non-hydrogen) atoms. The van der Waals surface area contributed by atoms with Crippen molar-refractivity contribution in [1.29, 1.82) is 0 Å². The molecule has 1 N–H and O–H groups in total. The fourth-order valence-corrected chi connectivity index (χ4v) is 2.98. The van der Waals surface area contributed by atoms with E-state index in [0.29, 0.717) is 0 Å². The molecule has 112 valence electrons. The predicted molar refractivity (Wildman–Crippen MR) is 92.8 cm³/mol. The summed E-state index contributed by atoms with van der Waals surface area (Å²) in [6.45, 7) is 3.02. The summed E-state index contributed by atoms with van der Waals surface area (Å²) >= 11 is 6.96. The SMILES string of the molecule is CCNC(Cc1ccc(Br)cn1)c1ccc(OC)c(Br)c1. The number of aromatic nitrogens is 1. The van der Waals surface area contributed by atoms with Gasteiger partial charge in [0, 0.05) is 28.8 Å². The molecule has 0 amide bonds. The molecule has 0 aliphatic heterocycles. The monoisotopic (exact) mass is 412 g/mol. The van der Waals surface area contributed by atoms with Gasteiger partial charge in [-0.15, -0.1) is 0 Å². The first kappa shape index (κ1) is 16.5. The summed E-state index contributed by atoms with van der Waals surface area (Å²) in [5.41, 5.74) is 2.28. The van der Waals surface area contributed by atoms with Crippen molar-refractivity contribution in [3.63, 3.8) is 0 Å². The lowest BCUT2D eigenvalue weighted by Crippen LogP contribution is -2.23. The molecule has 1 aromatic heterocycles. The number of nitrogens with one attached hydrogen (secondary N) is 1. The van der Waals surface area contributed by atoms with Gasteiger partial charge < -0.3 is 10.1 Å². The third-order valence-electron chi connectivity index (χ3n) is 3.23. The Balaban J connectivity index is 2.21. The van der Waals surface area contributed by atoms with E-state index in [1.54, 1.807) is 7.11 Å². The van der Waals surface area contributed by atoms with Crippen LogP contribution in [0.2, 0.25) is 0 Å². The van der Waals surface area contributed by atoms with Crippen molar-refractivity contribution in [3.05, 3.63) is 56.7 Å². The maximum absolute atomic E-state index is 5.29. The Hall–Kier alpha value is -0.910. The first-order valence-electron chi connectivity index (χ1n) is 6.81. The zero-order valence-corrected chi connectivity index (χ0v) is 15.2. The van der Waals surface area contributed by atoms with Crippen molar-refractivity contribution in [3.8, 4) is 5.75 Å². The molecule has 0 saturated heterocycles. The van der Waals surface area contributed by atoms with Gasteiger partial charge in [-0.1, -0.05) is 13.0 Å². The van der Waals surface area contributed by atoms with Gasteiger partial charge in [-0.25, -0.2) is 0 Å². The van der Waals surface area contributed by atoms with Gasteiger partial charge >= 0.3 is 0 Å². The van der Waals surface area contributed by atoms with Crippen molar-refractivity contribution in [2.45, 2.75) is 19.4 Å². The molecule has 2 rings (SSSR count). The molecule has 0 radical (unpaired) electrons. The molecular formula is C16H18Br2N2O. The maximum Gasteiger partial charge on any atom is 0.133 e. The van der Waals surface area contributed by atoms with Crippen LogP contribution in [0.25, 0.3) is 0 Å². The lowest BCUT2D eigenvalue weighted by molar-refractivity contribution is 0.411. The molecule has 0 fully saturated rings. The van der Waals surface area contributed by atoms with Gasteiger partial charge in [0.05, 0.1) is 11.6 Å². The van der Waals surface area contributed by atoms with E-state index in [-0.39, 0.29) is 6.04 Å². The fourth-order valence-electron chi connectivity index (χ4n) is 2.19. The van der Waals surface area contributed by atoms with Crippen molar-refractivity contribution in [2.24, 2.45) is 0 Å². The largest absolute Gasteiger partial charge is 0.496 e. The van der Waals surface area contributed by atoms with Crippen molar-refractivity contribution in [2.75, 3.05) is 13.7 Å². The molecule has 0 saturated carbocycles. The van der Waals surface area contributed by atoms with Gasteiger partial charge in [-0.2, -0.15) is 0 Å². The average molecular weight is 414 g/mol. The van der Waals surface area contributed by atoms with Crippen LogP contribution in [0, 0.1) is 0 Å².